The van der Waals surface area contributed by atoms with E-state index < -0.39 is 29.2 Å². The fourth-order valence-electron chi connectivity index (χ4n) is 1.35. The van der Waals surface area contributed by atoms with Crippen LogP contribution in [0.5, 0.6) is 0 Å². The molecule has 0 heterocycles. The lowest BCUT2D eigenvalue weighted by Crippen LogP contribution is -2.30. The lowest BCUT2D eigenvalue weighted by molar-refractivity contribution is -0.135. The van der Waals surface area contributed by atoms with Gasteiger partial charge in [-0.2, -0.15) is 13.2 Å². The lowest BCUT2D eigenvalue weighted by atomic mass is 10.2. The van der Waals surface area contributed by atoms with Crippen molar-refractivity contribution in [2.24, 2.45) is 0 Å². The minimum atomic E-state index is -4.40. The molecule has 1 rings (SSSR count). The highest BCUT2D eigenvalue weighted by atomic mass is 32.2. The zero-order chi connectivity index (χ0) is 14.7. The van der Waals surface area contributed by atoms with E-state index in [2.05, 4.69) is 0 Å². The molecule has 4 nitrogen and oxygen atoms in total. The molecule has 1 aromatic carbocycles. The Labute approximate surface area is 109 Å². The number of rotatable bonds is 5. The van der Waals surface area contributed by atoms with Crippen molar-refractivity contribution >= 4 is 10.0 Å². The number of sulfonamides is 1. The summed E-state index contributed by atoms with van der Waals surface area (Å²) in [5.41, 5.74) is 0.525. The minimum absolute atomic E-state index is 0.102. The van der Waals surface area contributed by atoms with Crippen LogP contribution < -0.4 is 0 Å². The van der Waals surface area contributed by atoms with Gasteiger partial charge in [0.05, 0.1) is 17.9 Å². The smallest absolute Gasteiger partial charge is 0.390 e. The van der Waals surface area contributed by atoms with Gasteiger partial charge in [0.15, 0.2) is 0 Å². The molecule has 0 radical (unpaired) electrons. The Morgan fingerprint density at radius 1 is 1.21 bits per heavy atom. The Balaban J connectivity index is 2.84. The van der Waals surface area contributed by atoms with E-state index in [4.69, 9.17) is 5.11 Å². The highest BCUT2D eigenvalue weighted by Gasteiger charge is 2.30. The van der Waals surface area contributed by atoms with Gasteiger partial charge in [0.1, 0.15) is 0 Å². The van der Waals surface area contributed by atoms with Gasteiger partial charge in [-0.1, -0.05) is 12.1 Å². The van der Waals surface area contributed by atoms with Crippen molar-refractivity contribution in [3.63, 3.8) is 0 Å². The largest absolute Gasteiger partial charge is 0.392 e. The average molecular weight is 297 g/mol. The maximum Gasteiger partial charge on any atom is 0.390 e. The van der Waals surface area contributed by atoms with E-state index >= 15 is 0 Å². The number of alkyl halides is 3. The van der Waals surface area contributed by atoms with Gasteiger partial charge in [-0.15, -0.1) is 0 Å². The first-order valence-corrected chi connectivity index (χ1v) is 6.84. The zero-order valence-corrected chi connectivity index (χ0v) is 11.0. The SMILES string of the molecule is CN(CCC(F)(F)F)S(=O)(=O)c1ccc(CO)cc1. The molecule has 108 valence electrons. The molecule has 8 heteroatoms. The number of aliphatic hydroxyl groups excluding tert-OH is 1. The Hall–Kier alpha value is -1.12. The molecule has 0 aliphatic rings. The molecular weight excluding hydrogens is 283 g/mol. The molecule has 0 atom stereocenters. The second kappa shape index (κ2) is 5.89. The number of aliphatic hydroxyl groups is 1. The van der Waals surface area contributed by atoms with Crippen molar-refractivity contribution in [1.82, 2.24) is 4.31 Å². The molecule has 0 unspecified atom stereocenters. The van der Waals surface area contributed by atoms with Crippen LogP contribution in [0.2, 0.25) is 0 Å². The van der Waals surface area contributed by atoms with Crippen LogP contribution in [0.25, 0.3) is 0 Å². The topological polar surface area (TPSA) is 57.6 Å². The first-order valence-electron chi connectivity index (χ1n) is 5.40. The van der Waals surface area contributed by atoms with E-state index in [-0.39, 0.29) is 11.5 Å². The van der Waals surface area contributed by atoms with Crippen molar-refractivity contribution < 1.29 is 26.7 Å². The summed E-state index contributed by atoms with van der Waals surface area (Å²) in [5.74, 6) is 0. The van der Waals surface area contributed by atoms with Gasteiger partial charge in [0.25, 0.3) is 0 Å². The van der Waals surface area contributed by atoms with E-state index in [9.17, 15) is 21.6 Å². The minimum Gasteiger partial charge on any atom is -0.392 e. The fourth-order valence-corrected chi connectivity index (χ4v) is 2.52. The molecule has 0 saturated carbocycles. The summed E-state index contributed by atoms with van der Waals surface area (Å²) >= 11 is 0. The second-order valence-electron chi connectivity index (χ2n) is 3.99. The Morgan fingerprint density at radius 3 is 2.16 bits per heavy atom. The highest BCUT2D eigenvalue weighted by molar-refractivity contribution is 7.89. The molecule has 0 bridgehead atoms. The number of nitrogens with zero attached hydrogens (tertiary/aromatic N) is 1. The van der Waals surface area contributed by atoms with E-state index in [1.54, 1.807) is 0 Å². The number of hydrogen-bond acceptors (Lipinski definition) is 3. The number of benzene rings is 1. The third-order valence-corrected chi connectivity index (χ3v) is 4.40. The third-order valence-electron chi connectivity index (χ3n) is 2.52. The highest BCUT2D eigenvalue weighted by Crippen LogP contribution is 2.22. The molecule has 0 spiro atoms. The third kappa shape index (κ3) is 4.48. The van der Waals surface area contributed by atoms with Crippen molar-refractivity contribution in [2.75, 3.05) is 13.6 Å². The van der Waals surface area contributed by atoms with E-state index in [0.717, 1.165) is 7.05 Å². The molecule has 0 saturated heterocycles. The van der Waals surface area contributed by atoms with Crippen molar-refractivity contribution in [2.45, 2.75) is 24.1 Å². The van der Waals surface area contributed by atoms with Crippen LogP contribution in [0, 0.1) is 0 Å². The van der Waals surface area contributed by atoms with Gasteiger partial charge in [-0.3, -0.25) is 0 Å². The standard InChI is InChI=1S/C11H14F3NO3S/c1-15(7-6-11(12,13)14)19(17,18)10-4-2-9(8-16)3-5-10/h2-5,16H,6-8H2,1H3. The van der Waals surface area contributed by atoms with Gasteiger partial charge in [0.2, 0.25) is 10.0 Å². The first kappa shape index (κ1) is 15.9. The summed E-state index contributed by atoms with van der Waals surface area (Å²) in [7, 11) is -2.84. The fraction of sp³-hybridized carbons (Fsp3) is 0.455. The molecule has 1 aromatic rings. The monoisotopic (exact) mass is 297 g/mol. The van der Waals surface area contributed by atoms with Crippen LogP contribution in [0.3, 0.4) is 0 Å². The first-order chi connectivity index (χ1) is 8.66. The zero-order valence-electron chi connectivity index (χ0n) is 10.2. The van der Waals surface area contributed by atoms with Crippen LogP contribution in [-0.4, -0.2) is 37.6 Å². The Kier molecular flexibility index (Phi) is 4.94. The lowest BCUT2D eigenvalue weighted by Gasteiger charge is -2.18. The number of hydrogen-bond donors (Lipinski definition) is 1. The van der Waals surface area contributed by atoms with Crippen LogP contribution in [-0.2, 0) is 16.6 Å². The van der Waals surface area contributed by atoms with Crippen molar-refractivity contribution in [3.8, 4) is 0 Å². The van der Waals surface area contributed by atoms with Crippen LogP contribution in [0.1, 0.15) is 12.0 Å². The van der Waals surface area contributed by atoms with Crippen LogP contribution in [0.4, 0.5) is 13.2 Å². The maximum absolute atomic E-state index is 12.1. The van der Waals surface area contributed by atoms with E-state index in [0.29, 0.717) is 9.87 Å². The Morgan fingerprint density at radius 2 is 1.74 bits per heavy atom. The van der Waals surface area contributed by atoms with Crippen LogP contribution >= 0.6 is 0 Å². The quantitative estimate of drug-likeness (QED) is 0.901. The Bertz CT molecular complexity index is 511. The molecule has 1 N–H and O–H groups in total. The summed E-state index contributed by atoms with van der Waals surface area (Å²) < 4.78 is 60.7. The van der Waals surface area contributed by atoms with Crippen LogP contribution in [0.15, 0.2) is 29.2 Å². The molecule has 0 aliphatic carbocycles. The van der Waals surface area contributed by atoms with E-state index in [1.165, 1.54) is 24.3 Å². The molecule has 19 heavy (non-hydrogen) atoms. The molecular formula is C11H14F3NO3S. The summed E-state index contributed by atoms with van der Waals surface area (Å²) in [4.78, 5) is -0.102. The van der Waals surface area contributed by atoms with Gasteiger partial charge >= 0.3 is 6.18 Å². The van der Waals surface area contributed by atoms with Gasteiger partial charge < -0.3 is 5.11 Å². The van der Waals surface area contributed by atoms with Gasteiger partial charge in [-0.05, 0) is 17.7 Å². The van der Waals surface area contributed by atoms with Gasteiger partial charge in [0, 0.05) is 13.6 Å². The normalized spacial score (nSPS) is 12.9. The van der Waals surface area contributed by atoms with Crippen molar-refractivity contribution in [1.29, 1.82) is 0 Å². The predicted molar refractivity (Wildman–Crippen MR) is 62.9 cm³/mol. The summed E-state index contributed by atoms with van der Waals surface area (Å²) in [6, 6.07) is 5.32. The number of halogens is 3. The summed E-state index contributed by atoms with van der Waals surface area (Å²) in [6.07, 6.45) is -5.60. The average Bonchev–Trinajstić information content (AvgIpc) is 2.35. The second-order valence-corrected chi connectivity index (χ2v) is 6.04. The summed E-state index contributed by atoms with van der Waals surface area (Å²) in [6.45, 7) is -0.863. The van der Waals surface area contributed by atoms with Gasteiger partial charge in [-0.25, -0.2) is 12.7 Å². The molecule has 0 amide bonds. The van der Waals surface area contributed by atoms with E-state index in [1.807, 2.05) is 0 Å². The molecule has 0 aromatic heterocycles. The van der Waals surface area contributed by atoms with Crippen molar-refractivity contribution in [3.05, 3.63) is 29.8 Å². The predicted octanol–water partition coefficient (Wildman–Crippen LogP) is 1.75. The summed E-state index contributed by atoms with van der Waals surface area (Å²) in [5, 5.41) is 8.83. The molecule has 0 fully saturated rings. The molecule has 0 aliphatic heterocycles. The maximum atomic E-state index is 12.1.